The van der Waals surface area contributed by atoms with Gasteiger partial charge in [-0.1, -0.05) is 30.3 Å². The molecule has 2 N–H and O–H groups in total. The zero-order valence-corrected chi connectivity index (χ0v) is 11.0. The summed E-state index contributed by atoms with van der Waals surface area (Å²) in [6.07, 6.45) is 0.753. The van der Waals surface area contributed by atoms with Gasteiger partial charge in [0.25, 0.3) is 0 Å². The van der Waals surface area contributed by atoms with Crippen LogP contribution in [-0.4, -0.2) is 31.3 Å². The highest BCUT2D eigenvalue weighted by Crippen LogP contribution is 2.06. The van der Waals surface area contributed by atoms with Crippen LogP contribution in [0, 0.1) is 0 Å². The minimum Gasteiger partial charge on any atom is -0.480 e. The lowest BCUT2D eigenvalue weighted by atomic mass is 10.1. The van der Waals surface area contributed by atoms with Crippen molar-refractivity contribution in [3.8, 4) is 0 Å². The molecule has 0 heterocycles. The molecule has 0 radical (unpaired) electrons. The van der Waals surface area contributed by atoms with E-state index in [1.165, 1.54) is 6.92 Å². The number of carboxylic acids is 1. The molecule has 0 fully saturated rings. The maximum absolute atomic E-state index is 11.4. The zero-order valence-electron chi connectivity index (χ0n) is 10.2. The highest BCUT2D eigenvalue weighted by molar-refractivity contribution is 7.89. The van der Waals surface area contributed by atoms with Gasteiger partial charge in [0.05, 0.1) is 5.75 Å². The Hall–Kier alpha value is -1.40. The van der Waals surface area contributed by atoms with Crippen LogP contribution in [0.1, 0.15) is 18.9 Å². The van der Waals surface area contributed by atoms with Crippen LogP contribution in [0.4, 0.5) is 0 Å². The largest absolute Gasteiger partial charge is 0.480 e. The summed E-state index contributed by atoms with van der Waals surface area (Å²) in [5, 5.41) is 8.98. The number of aryl methyl sites for hydroxylation is 1. The summed E-state index contributed by atoms with van der Waals surface area (Å²) in [6, 6.07) is 8.29. The Kier molecular flexibility index (Phi) is 5.30. The maximum atomic E-state index is 11.4. The number of nitrogens with one attached hydrogen (secondary N) is 1. The summed E-state index contributed by atoms with van der Waals surface area (Å²) in [6.45, 7) is 1.47. The number of carbonyl (C=O) groups is 1. The molecule has 0 spiro atoms. The Morgan fingerprint density at radius 3 is 2.44 bits per heavy atom. The summed E-state index contributed by atoms with van der Waals surface area (Å²) >= 11 is 0. The maximum Gasteiger partial charge on any atom is 0.321 e. The van der Waals surface area contributed by atoms with Crippen molar-refractivity contribution in [1.82, 2.24) is 4.72 Å². The van der Waals surface area contributed by atoms with Gasteiger partial charge in [-0.25, -0.2) is 13.1 Å². The lowest BCUT2D eigenvalue weighted by Gasteiger charge is -2.13. The van der Waals surface area contributed by atoms with Crippen LogP contribution >= 0.6 is 0 Å². The van der Waals surface area contributed by atoms with Crippen molar-refractivity contribution >= 4 is 16.0 Å². The molecule has 0 aliphatic heterocycles. The van der Waals surface area contributed by atoms with Gasteiger partial charge in [0.2, 0.25) is 10.0 Å². The van der Waals surface area contributed by atoms with Crippen molar-refractivity contribution in [2.24, 2.45) is 0 Å². The molecule has 0 saturated carbocycles. The Bertz CT molecular complexity index is 484. The highest BCUT2D eigenvalue weighted by Gasteiger charge is 2.22. The first-order valence-electron chi connectivity index (χ1n) is 5.71. The highest BCUT2D eigenvalue weighted by atomic mass is 32.2. The lowest BCUT2D eigenvalue weighted by molar-refractivity contribution is -0.139. The van der Waals surface area contributed by atoms with E-state index in [4.69, 9.17) is 5.11 Å². The fourth-order valence-electron chi connectivity index (χ4n) is 1.49. The van der Waals surface area contributed by atoms with E-state index >= 15 is 0 Å². The monoisotopic (exact) mass is 271 g/mol. The molecule has 0 saturated heterocycles. The topological polar surface area (TPSA) is 83.5 Å². The third-order valence-corrected chi connectivity index (χ3v) is 3.97. The fraction of sp³-hybridized carbons (Fsp3) is 0.417. The van der Waals surface area contributed by atoms with Crippen molar-refractivity contribution in [2.45, 2.75) is 25.8 Å². The molecule has 1 atom stereocenters. The van der Waals surface area contributed by atoms with Crippen molar-refractivity contribution in [2.75, 3.05) is 5.75 Å². The molecule has 1 rings (SSSR count). The minimum atomic E-state index is -3.50. The van der Waals surface area contributed by atoms with Gasteiger partial charge in [0, 0.05) is 0 Å². The summed E-state index contributed by atoms with van der Waals surface area (Å²) in [5.74, 6) is -1.27. The Morgan fingerprint density at radius 1 is 1.33 bits per heavy atom. The summed E-state index contributed by atoms with van der Waals surface area (Å²) in [4.78, 5) is 11.0. The third-order valence-electron chi connectivity index (χ3n) is 2.56. The van der Waals surface area contributed by atoms with Gasteiger partial charge in [-0.2, -0.15) is 0 Å². The van der Waals surface area contributed by atoms with Crippen molar-refractivity contribution in [3.05, 3.63) is 35.9 Å². The Morgan fingerprint density at radius 2 is 1.94 bits per heavy atom. The predicted molar refractivity (Wildman–Crippen MR) is 68.8 cm³/mol. The molecule has 0 aliphatic rings. The number of benzene rings is 1. The number of hydrogen-bond donors (Lipinski definition) is 2. The average Bonchev–Trinajstić information content (AvgIpc) is 2.35. The van der Waals surface area contributed by atoms with Crippen LogP contribution in [0.25, 0.3) is 0 Å². The number of sulfonamides is 1. The van der Waals surface area contributed by atoms with E-state index in [0.29, 0.717) is 6.42 Å². The molecule has 1 aromatic carbocycles. The van der Waals surface area contributed by atoms with Crippen LogP contribution < -0.4 is 4.72 Å². The molecular weight excluding hydrogens is 254 g/mol. The zero-order chi connectivity index (χ0) is 13.6. The standard InChI is InChI=1S/C12H17NO4S/c1-2-18(16,17)13-11(12(14)15)9-8-10-6-4-3-5-7-10/h3-7,11,13H,2,8-9H2,1H3,(H,14,15)/t11-/m0/s1. The van der Waals surface area contributed by atoms with Gasteiger partial charge in [0.15, 0.2) is 0 Å². The van der Waals surface area contributed by atoms with Gasteiger partial charge in [-0.3, -0.25) is 4.79 Å². The van der Waals surface area contributed by atoms with Gasteiger partial charge < -0.3 is 5.11 Å². The lowest BCUT2D eigenvalue weighted by Crippen LogP contribution is -2.41. The van der Waals surface area contributed by atoms with Crippen LogP contribution in [0.15, 0.2) is 30.3 Å². The van der Waals surface area contributed by atoms with Crippen LogP contribution in [-0.2, 0) is 21.2 Å². The molecule has 0 aliphatic carbocycles. The molecule has 0 aromatic heterocycles. The number of carboxylic acid groups (broad SMARTS) is 1. The second kappa shape index (κ2) is 6.51. The Labute approximate surface area is 107 Å². The fourth-order valence-corrected chi connectivity index (χ4v) is 2.31. The van der Waals surface area contributed by atoms with Crippen LogP contribution in [0.3, 0.4) is 0 Å². The Balaban J connectivity index is 2.62. The van der Waals surface area contributed by atoms with E-state index in [1.807, 2.05) is 30.3 Å². The molecule has 1 aromatic rings. The third kappa shape index (κ3) is 4.85. The van der Waals surface area contributed by atoms with E-state index in [-0.39, 0.29) is 12.2 Å². The first-order chi connectivity index (χ1) is 8.44. The summed E-state index contributed by atoms with van der Waals surface area (Å²) < 4.78 is 24.9. The van der Waals surface area contributed by atoms with Crippen LogP contribution in [0.2, 0.25) is 0 Å². The smallest absolute Gasteiger partial charge is 0.321 e. The van der Waals surface area contributed by atoms with Crippen molar-refractivity contribution in [1.29, 1.82) is 0 Å². The quantitative estimate of drug-likeness (QED) is 0.775. The molecule has 5 nitrogen and oxygen atoms in total. The van der Waals surface area contributed by atoms with E-state index in [2.05, 4.69) is 4.72 Å². The molecule has 100 valence electrons. The van der Waals surface area contributed by atoms with Crippen molar-refractivity contribution < 1.29 is 18.3 Å². The molecular formula is C12H17NO4S. The SMILES string of the molecule is CCS(=O)(=O)N[C@@H](CCc1ccccc1)C(=O)O. The van der Waals surface area contributed by atoms with E-state index in [9.17, 15) is 13.2 Å². The minimum absolute atomic E-state index is 0.123. The summed E-state index contributed by atoms with van der Waals surface area (Å²) in [5.41, 5.74) is 0.986. The molecule has 0 unspecified atom stereocenters. The van der Waals surface area contributed by atoms with Gasteiger partial charge in [-0.05, 0) is 25.3 Å². The first kappa shape index (κ1) is 14.7. The number of aliphatic carboxylic acids is 1. The molecule has 18 heavy (non-hydrogen) atoms. The predicted octanol–water partition coefficient (Wildman–Crippen LogP) is 1.01. The van der Waals surface area contributed by atoms with Gasteiger partial charge >= 0.3 is 5.97 Å². The summed E-state index contributed by atoms with van der Waals surface area (Å²) in [7, 11) is -3.50. The van der Waals surface area contributed by atoms with E-state index < -0.39 is 22.0 Å². The average molecular weight is 271 g/mol. The van der Waals surface area contributed by atoms with Crippen molar-refractivity contribution in [3.63, 3.8) is 0 Å². The van der Waals surface area contributed by atoms with Crippen LogP contribution in [0.5, 0.6) is 0 Å². The second-order valence-corrected chi connectivity index (χ2v) is 5.98. The molecule has 0 bridgehead atoms. The second-order valence-electron chi connectivity index (χ2n) is 3.94. The van der Waals surface area contributed by atoms with Gasteiger partial charge in [0.1, 0.15) is 6.04 Å². The normalized spacial score (nSPS) is 13.2. The van der Waals surface area contributed by atoms with E-state index in [0.717, 1.165) is 5.56 Å². The molecule has 6 heteroatoms. The van der Waals surface area contributed by atoms with E-state index in [1.54, 1.807) is 0 Å². The first-order valence-corrected chi connectivity index (χ1v) is 7.36. The number of rotatable bonds is 7. The number of hydrogen-bond acceptors (Lipinski definition) is 3. The molecule has 0 amide bonds. The van der Waals surface area contributed by atoms with Gasteiger partial charge in [-0.15, -0.1) is 0 Å².